The molecule has 1 aromatic rings. The van der Waals surface area contributed by atoms with Gasteiger partial charge in [-0.05, 0) is 37.3 Å². The summed E-state index contributed by atoms with van der Waals surface area (Å²) in [4.78, 5) is 0. The highest BCUT2D eigenvalue weighted by atomic mass is 14.9. The molecule has 0 aromatic heterocycles. The molecule has 1 aliphatic rings. The van der Waals surface area contributed by atoms with Crippen LogP contribution in [0.25, 0.3) is 0 Å². The normalized spacial score (nSPS) is 27.5. The Labute approximate surface area is 81.6 Å². The van der Waals surface area contributed by atoms with Crippen molar-refractivity contribution in [1.29, 1.82) is 0 Å². The van der Waals surface area contributed by atoms with Gasteiger partial charge in [0.15, 0.2) is 0 Å². The van der Waals surface area contributed by atoms with E-state index in [1.54, 1.807) is 0 Å². The number of anilines is 1. The molecule has 70 valence electrons. The van der Waals surface area contributed by atoms with E-state index in [2.05, 4.69) is 42.6 Å². The van der Waals surface area contributed by atoms with Crippen LogP contribution in [0.15, 0.2) is 30.3 Å². The van der Waals surface area contributed by atoms with Crippen molar-refractivity contribution in [3.8, 4) is 0 Å². The lowest BCUT2D eigenvalue weighted by atomic mass is 10.1. The second-order valence-electron chi connectivity index (χ2n) is 4.13. The number of rotatable bonds is 2. The third-order valence-electron chi connectivity index (χ3n) is 2.84. The molecule has 1 aliphatic carbocycles. The van der Waals surface area contributed by atoms with E-state index in [0.717, 1.165) is 5.92 Å². The molecule has 0 bridgehead atoms. The molecule has 1 aromatic carbocycles. The minimum atomic E-state index is 0. The summed E-state index contributed by atoms with van der Waals surface area (Å²) < 4.78 is 0. The van der Waals surface area contributed by atoms with Gasteiger partial charge in [-0.2, -0.15) is 0 Å². The quantitative estimate of drug-likeness (QED) is 0.728. The number of hydrogen-bond acceptors (Lipinski definition) is 1. The van der Waals surface area contributed by atoms with Crippen LogP contribution in [0.3, 0.4) is 0 Å². The molecule has 0 amide bonds. The van der Waals surface area contributed by atoms with E-state index >= 15 is 0 Å². The number of hydrogen-bond donors (Lipinski definition) is 1. The maximum Gasteiger partial charge on any atom is 1.00 e. The van der Waals surface area contributed by atoms with Gasteiger partial charge in [0.2, 0.25) is 0 Å². The van der Waals surface area contributed by atoms with E-state index < -0.39 is 0 Å². The SMILES string of the molecule is CC1CCC(Nc2ccccc2)C1.[H+]. The molecule has 2 rings (SSSR count). The highest BCUT2D eigenvalue weighted by Crippen LogP contribution is 2.27. The van der Waals surface area contributed by atoms with Crippen molar-refractivity contribution in [1.82, 2.24) is 0 Å². The Kier molecular flexibility index (Phi) is 2.53. The van der Waals surface area contributed by atoms with E-state index in [1.165, 1.54) is 24.9 Å². The Hall–Kier alpha value is -0.980. The van der Waals surface area contributed by atoms with Crippen molar-refractivity contribution in [2.75, 3.05) is 5.32 Å². The summed E-state index contributed by atoms with van der Waals surface area (Å²) in [6.07, 6.45) is 4.04. The summed E-state index contributed by atoms with van der Waals surface area (Å²) in [6, 6.07) is 11.2. The van der Waals surface area contributed by atoms with Crippen LogP contribution in [0.2, 0.25) is 0 Å². The first-order chi connectivity index (χ1) is 6.34. The van der Waals surface area contributed by atoms with Gasteiger partial charge < -0.3 is 5.32 Å². The van der Waals surface area contributed by atoms with Crippen LogP contribution in [0.4, 0.5) is 5.69 Å². The molecule has 2 unspecified atom stereocenters. The van der Waals surface area contributed by atoms with Gasteiger partial charge in [0.25, 0.3) is 0 Å². The zero-order valence-corrected chi connectivity index (χ0v) is 8.16. The van der Waals surface area contributed by atoms with Gasteiger partial charge in [-0.3, -0.25) is 0 Å². The van der Waals surface area contributed by atoms with Crippen LogP contribution in [0.1, 0.15) is 27.6 Å². The Balaban J connectivity index is 0.000000980. The molecule has 2 atom stereocenters. The Morgan fingerprint density at radius 3 is 2.62 bits per heavy atom. The largest absolute Gasteiger partial charge is 1.00 e. The first-order valence-electron chi connectivity index (χ1n) is 5.16. The van der Waals surface area contributed by atoms with Gasteiger partial charge in [0.05, 0.1) is 0 Å². The highest BCUT2D eigenvalue weighted by molar-refractivity contribution is 5.43. The summed E-state index contributed by atoms with van der Waals surface area (Å²) in [6.45, 7) is 2.34. The van der Waals surface area contributed by atoms with Gasteiger partial charge >= 0.3 is 1.43 Å². The minimum Gasteiger partial charge on any atom is -0.382 e. The molecule has 1 N–H and O–H groups in total. The standard InChI is InChI=1S/C12H17N/c1-10-7-8-12(9-10)13-11-5-3-2-4-6-11/h2-6,10,12-13H,7-9H2,1H3/p+1. The van der Waals surface area contributed by atoms with Crippen molar-refractivity contribution < 1.29 is 1.43 Å². The molecular formula is C12H18N+. The summed E-state index contributed by atoms with van der Waals surface area (Å²) >= 11 is 0. The van der Waals surface area contributed by atoms with E-state index in [4.69, 9.17) is 0 Å². The maximum atomic E-state index is 3.57. The molecule has 13 heavy (non-hydrogen) atoms. The van der Waals surface area contributed by atoms with Crippen molar-refractivity contribution in [2.45, 2.75) is 32.2 Å². The van der Waals surface area contributed by atoms with Crippen LogP contribution in [0.5, 0.6) is 0 Å². The van der Waals surface area contributed by atoms with Crippen LogP contribution in [-0.4, -0.2) is 6.04 Å². The fourth-order valence-corrected chi connectivity index (χ4v) is 2.11. The van der Waals surface area contributed by atoms with E-state index in [-0.39, 0.29) is 1.43 Å². The summed E-state index contributed by atoms with van der Waals surface area (Å²) in [5.41, 5.74) is 1.27. The smallest absolute Gasteiger partial charge is 0.382 e. The monoisotopic (exact) mass is 176 g/mol. The average molecular weight is 176 g/mol. The Bertz CT molecular complexity index is 260. The topological polar surface area (TPSA) is 12.0 Å². The molecular weight excluding hydrogens is 158 g/mol. The predicted octanol–water partition coefficient (Wildman–Crippen LogP) is 3.40. The molecule has 1 saturated carbocycles. The molecule has 1 heteroatoms. The van der Waals surface area contributed by atoms with Crippen molar-refractivity contribution in [2.24, 2.45) is 5.92 Å². The molecule has 0 aliphatic heterocycles. The number of benzene rings is 1. The van der Waals surface area contributed by atoms with Crippen molar-refractivity contribution in [3.63, 3.8) is 0 Å². The molecule has 0 saturated heterocycles. The molecule has 0 spiro atoms. The fraction of sp³-hybridized carbons (Fsp3) is 0.500. The van der Waals surface area contributed by atoms with Gasteiger partial charge in [0, 0.05) is 11.7 Å². The molecule has 0 heterocycles. The van der Waals surface area contributed by atoms with E-state index in [9.17, 15) is 0 Å². The van der Waals surface area contributed by atoms with Crippen LogP contribution in [-0.2, 0) is 0 Å². The Morgan fingerprint density at radius 2 is 2.00 bits per heavy atom. The third-order valence-corrected chi connectivity index (χ3v) is 2.84. The fourth-order valence-electron chi connectivity index (χ4n) is 2.11. The van der Waals surface area contributed by atoms with Gasteiger partial charge in [-0.25, -0.2) is 0 Å². The lowest BCUT2D eigenvalue weighted by Crippen LogP contribution is -2.14. The van der Waals surface area contributed by atoms with Crippen LogP contribution in [0, 0.1) is 5.92 Å². The van der Waals surface area contributed by atoms with Crippen LogP contribution >= 0.6 is 0 Å². The second kappa shape index (κ2) is 3.82. The number of nitrogens with one attached hydrogen (secondary N) is 1. The van der Waals surface area contributed by atoms with Crippen molar-refractivity contribution >= 4 is 5.69 Å². The first-order valence-corrected chi connectivity index (χ1v) is 5.16. The molecule has 1 fully saturated rings. The zero-order valence-electron chi connectivity index (χ0n) is 9.16. The summed E-state index contributed by atoms with van der Waals surface area (Å²) in [5, 5.41) is 3.57. The number of para-hydroxylation sites is 1. The van der Waals surface area contributed by atoms with Crippen LogP contribution < -0.4 is 5.32 Å². The van der Waals surface area contributed by atoms with Crippen molar-refractivity contribution in [3.05, 3.63) is 30.3 Å². The third kappa shape index (κ3) is 2.24. The summed E-state index contributed by atoms with van der Waals surface area (Å²) in [7, 11) is 0. The maximum absolute atomic E-state index is 3.57. The van der Waals surface area contributed by atoms with E-state index in [1.807, 2.05) is 0 Å². The predicted molar refractivity (Wildman–Crippen MR) is 58.0 cm³/mol. The second-order valence-corrected chi connectivity index (χ2v) is 4.13. The summed E-state index contributed by atoms with van der Waals surface area (Å²) in [5.74, 6) is 0.904. The average Bonchev–Trinajstić information content (AvgIpc) is 2.53. The Morgan fingerprint density at radius 1 is 1.23 bits per heavy atom. The lowest BCUT2D eigenvalue weighted by molar-refractivity contribution is 0.602. The van der Waals surface area contributed by atoms with Gasteiger partial charge in [-0.15, -0.1) is 0 Å². The van der Waals surface area contributed by atoms with Gasteiger partial charge in [0.1, 0.15) is 0 Å². The van der Waals surface area contributed by atoms with Gasteiger partial charge in [-0.1, -0.05) is 25.1 Å². The van der Waals surface area contributed by atoms with E-state index in [0.29, 0.717) is 6.04 Å². The lowest BCUT2D eigenvalue weighted by Gasteiger charge is -2.13. The first kappa shape index (κ1) is 8.61. The minimum absolute atomic E-state index is 0. The zero-order chi connectivity index (χ0) is 9.10. The molecule has 0 radical (unpaired) electrons. The highest BCUT2D eigenvalue weighted by Gasteiger charge is 2.20. The molecule has 1 nitrogen and oxygen atoms in total.